The molecule has 1 aromatic carbocycles. The molecule has 132 valence electrons. The molecule has 0 unspecified atom stereocenters. The van der Waals surface area contributed by atoms with E-state index in [9.17, 15) is 9.59 Å². The first kappa shape index (κ1) is 18.1. The number of likely N-dealkylation sites (N-methyl/N-ethyl adjacent to an activating group) is 1. The highest BCUT2D eigenvalue weighted by Gasteiger charge is 2.43. The molecule has 2 rings (SSSR count). The highest BCUT2D eigenvalue weighted by molar-refractivity contribution is 5.90. The van der Waals surface area contributed by atoms with E-state index in [1.807, 2.05) is 36.1 Å². The van der Waals surface area contributed by atoms with E-state index in [1.54, 1.807) is 26.1 Å². The minimum atomic E-state index is -0.694. The maximum absolute atomic E-state index is 12.9. The number of carbonyl (C=O) groups excluding carboxylic acids is 2. The average Bonchev–Trinajstić information content (AvgIpc) is 2.61. The summed E-state index contributed by atoms with van der Waals surface area (Å²) in [7, 11) is 5.15. The molecule has 0 bridgehead atoms. The van der Waals surface area contributed by atoms with Crippen molar-refractivity contribution >= 4 is 17.5 Å². The van der Waals surface area contributed by atoms with E-state index < -0.39 is 5.54 Å². The van der Waals surface area contributed by atoms with Crippen molar-refractivity contribution in [2.45, 2.75) is 31.7 Å². The number of ether oxygens (including phenoxy) is 1. The molecule has 2 amide bonds. The van der Waals surface area contributed by atoms with Gasteiger partial charge in [0.1, 0.15) is 11.3 Å². The van der Waals surface area contributed by atoms with E-state index in [1.165, 1.54) is 0 Å². The lowest BCUT2D eigenvalue weighted by molar-refractivity contribution is -0.139. The molecule has 0 radical (unpaired) electrons. The Hall–Kier alpha value is -2.24. The van der Waals surface area contributed by atoms with Crippen molar-refractivity contribution in [2.24, 2.45) is 0 Å². The molecule has 1 aliphatic rings. The van der Waals surface area contributed by atoms with Crippen LogP contribution >= 0.6 is 0 Å². The van der Waals surface area contributed by atoms with E-state index >= 15 is 0 Å². The summed E-state index contributed by atoms with van der Waals surface area (Å²) in [5.74, 6) is 0.919. The highest BCUT2D eigenvalue weighted by atomic mass is 16.5. The molecular weight excluding hydrogens is 306 g/mol. The van der Waals surface area contributed by atoms with Crippen LogP contribution in [0, 0.1) is 0 Å². The van der Waals surface area contributed by atoms with E-state index in [2.05, 4.69) is 5.32 Å². The van der Waals surface area contributed by atoms with Gasteiger partial charge in [-0.25, -0.2) is 0 Å². The van der Waals surface area contributed by atoms with Crippen LogP contribution in [0.5, 0.6) is 5.75 Å². The van der Waals surface area contributed by atoms with Gasteiger partial charge in [-0.05, 0) is 25.0 Å². The minimum absolute atomic E-state index is 0.0360. The average molecular weight is 333 g/mol. The highest BCUT2D eigenvalue weighted by Crippen LogP contribution is 2.30. The molecule has 0 spiro atoms. The number of nitrogens with zero attached hydrogens (tertiary/aromatic N) is 2. The molecule has 0 aromatic heterocycles. The lowest BCUT2D eigenvalue weighted by Gasteiger charge is -2.43. The molecule has 0 saturated carbocycles. The summed E-state index contributed by atoms with van der Waals surface area (Å²) in [6.45, 7) is 3.04. The van der Waals surface area contributed by atoms with Crippen molar-refractivity contribution in [1.82, 2.24) is 9.80 Å². The largest absolute Gasteiger partial charge is 0.497 e. The summed E-state index contributed by atoms with van der Waals surface area (Å²) in [5, 5.41) is 3.42. The Morgan fingerprint density at radius 3 is 2.50 bits per heavy atom. The minimum Gasteiger partial charge on any atom is -0.497 e. The third-order valence-electron chi connectivity index (χ3n) is 4.54. The first-order valence-corrected chi connectivity index (χ1v) is 8.33. The van der Waals surface area contributed by atoms with Gasteiger partial charge in [-0.1, -0.05) is 13.0 Å². The quantitative estimate of drug-likeness (QED) is 0.895. The van der Waals surface area contributed by atoms with Crippen LogP contribution in [0.1, 0.15) is 26.2 Å². The second kappa shape index (κ2) is 7.55. The summed E-state index contributed by atoms with van der Waals surface area (Å²) in [6, 6.07) is 7.57. The first-order valence-electron chi connectivity index (χ1n) is 8.33. The van der Waals surface area contributed by atoms with Gasteiger partial charge in [0.2, 0.25) is 11.8 Å². The van der Waals surface area contributed by atoms with Gasteiger partial charge in [0, 0.05) is 45.4 Å². The van der Waals surface area contributed by atoms with Crippen molar-refractivity contribution in [3.05, 3.63) is 24.3 Å². The maximum Gasteiger partial charge on any atom is 0.247 e. The van der Waals surface area contributed by atoms with Crippen LogP contribution in [-0.4, -0.2) is 61.4 Å². The van der Waals surface area contributed by atoms with E-state index in [-0.39, 0.29) is 11.8 Å². The number of carbonyl (C=O) groups is 2. The number of amides is 2. The Labute approximate surface area is 143 Å². The normalized spacial score (nSPS) is 16.4. The SMILES string of the molecule is CCC(=O)N1CCC(Nc2cccc(OC)c2)(C(=O)N(C)C)CC1. The molecule has 0 atom stereocenters. The van der Waals surface area contributed by atoms with Crippen LogP contribution in [0.3, 0.4) is 0 Å². The molecule has 1 aliphatic heterocycles. The van der Waals surface area contributed by atoms with Gasteiger partial charge < -0.3 is 19.9 Å². The Balaban J connectivity index is 2.22. The molecule has 1 fully saturated rings. The topological polar surface area (TPSA) is 61.9 Å². The number of hydrogen-bond acceptors (Lipinski definition) is 4. The zero-order valence-electron chi connectivity index (χ0n) is 15.0. The van der Waals surface area contributed by atoms with Crippen molar-refractivity contribution in [3.63, 3.8) is 0 Å². The van der Waals surface area contributed by atoms with Gasteiger partial charge in [0.05, 0.1) is 7.11 Å². The Bertz CT molecular complexity index is 593. The van der Waals surface area contributed by atoms with Gasteiger partial charge in [-0.2, -0.15) is 0 Å². The maximum atomic E-state index is 12.9. The number of piperidine rings is 1. The first-order chi connectivity index (χ1) is 11.4. The zero-order valence-corrected chi connectivity index (χ0v) is 15.0. The zero-order chi connectivity index (χ0) is 17.7. The lowest BCUT2D eigenvalue weighted by Crippen LogP contribution is -2.58. The molecule has 6 nitrogen and oxygen atoms in total. The van der Waals surface area contributed by atoms with Crippen LogP contribution in [-0.2, 0) is 9.59 Å². The second-order valence-electron chi connectivity index (χ2n) is 6.37. The lowest BCUT2D eigenvalue weighted by atomic mass is 9.85. The molecule has 6 heteroatoms. The number of hydrogen-bond donors (Lipinski definition) is 1. The molecule has 0 aliphatic carbocycles. The van der Waals surface area contributed by atoms with Crippen molar-refractivity contribution in [2.75, 3.05) is 39.6 Å². The Morgan fingerprint density at radius 2 is 1.96 bits per heavy atom. The number of likely N-dealkylation sites (tertiary alicyclic amines) is 1. The fraction of sp³-hybridized carbons (Fsp3) is 0.556. The van der Waals surface area contributed by atoms with Crippen LogP contribution in [0.25, 0.3) is 0 Å². The monoisotopic (exact) mass is 333 g/mol. The summed E-state index contributed by atoms with van der Waals surface area (Å²) < 4.78 is 5.26. The number of nitrogens with one attached hydrogen (secondary N) is 1. The fourth-order valence-electron chi connectivity index (χ4n) is 3.16. The summed E-state index contributed by atoms with van der Waals surface area (Å²) in [6.07, 6.45) is 1.68. The standard InChI is InChI=1S/C18H27N3O3/c1-5-16(22)21-11-9-18(10-12-21,17(23)20(2)3)19-14-7-6-8-15(13-14)24-4/h6-8,13,19H,5,9-12H2,1-4H3. The van der Waals surface area contributed by atoms with E-state index in [4.69, 9.17) is 4.74 Å². The van der Waals surface area contributed by atoms with Crippen molar-refractivity contribution < 1.29 is 14.3 Å². The number of benzene rings is 1. The smallest absolute Gasteiger partial charge is 0.247 e. The number of methoxy groups -OCH3 is 1. The van der Waals surface area contributed by atoms with Crippen LogP contribution in [0.2, 0.25) is 0 Å². The third kappa shape index (κ3) is 3.80. The molecular formula is C18H27N3O3. The molecule has 1 N–H and O–H groups in total. The Kier molecular flexibility index (Phi) is 5.70. The molecule has 1 heterocycles. The van der Waals surface area contributed by atoms with Gasteiger partial charge in [0.15, 0.2) is 0 Å². The third-order valence-corrected chi connectivity index (χ3v) is 4.54. The summed E-state index contributed by atoms with van der Waals surface area (Å²) >= 11 is 0. The van der Waals surface area contributed by atoms with Crippen molar-refractivity contribution in [1.29, 1.82) is 0 Å². The van der Waals surface area contributed by atoms with Crippen molar-refractivity contribution in [3.8, 4) is 5.75 Å². The van der Waals surface area contributed by atoms with Crippen LogP contribution in [0.4, 0.5) is 5.69 Å². The molecule has 1 saturated heterocycles. The molecule has 1 aromatic rings. The number of anilines is 1. The number of rotatable bonds is 5. The van der Waals surface area contributed by atoms with E-state index in [0.29, 0.717) is 32.4 Å². The van der Waals surface area contributed by atoms with Gasteiger partial charge in [-0.15, -0.1) is 0 Å². The fourth-order valence-corrected chi connectivity index (χ4v) is 3.16. The van der Waals surface area contributed by atoms with Crippen LogP contribution < -0.4 is 10.1 Å². The summed E-state index contributed by atoms with van der Waals surface area (Å²) in [5.41, 5.74) is 0.153. The van der Waals surface area contributed by atoms with Gasteiger partial charge in [0.25, 0.3) is 0 Å². The predicted octanol–water partition coefficient (Wildman–Crippen LogP) is 1.97. The molecule has 24 heavy (non-hydrogen) atoms. The van der Waals surface area contributed by atoms with Gasteiger partial charge in [-0.3, -0.25) is 9.59 Å². The van der Waals surface area contributed by atoms with Crippen LogP contribution in [0.15, 0.2) is 24.3 Å². The Morgan fingerprint density at radius 1 is 1.29 bits per heavy atom. The summed E-state index contributed by atoms with van der Waals surface area (Å²) in [4.78, 5) is 28.2. The van der Waals surface area contributed by atoms with E-state index in [0.717, 1.165) is 11.4 Å². The van der Waals surface area contributed by atoms with Gasteiger partial charge >= 0.3 is 0 Å². The second-order valence-corrected chi connectivity index (χ2v) is 6.37. The predicted molar refractivity (Wildman–Crippen MR) is 94.1 cm³/mol.